The maximum atomic E-state index is 12.8. The number of hydrogen-bond acceptors (Lipinski definition) is 5. The number of benzene rings is 1. The van der Waals surface area contributed by atoms with Crippen molar-refractivity contribution in [2.45, 2.75) is 61.5 Å². The van der Waals surface area contributed by atoms with E-state index in [-0.39, 0.29) is 30.4 Å². The Labute approximate surface area is 187 Å². The van der Waals surface area contributed by atoms with E-state index in [1.165, 1.54) is 41.9 Å². The molecular formula is C24H31NO3S2. The fourth-order valence-corrected chi connectivity index (χ4v) is 10.1. The van der Waals surface area contributed by atoms with E-state index < -0.39 is 0 Å². The number of nitrogens with one attached hydrogen (secondary N) is 1. The number of hydrogen-bond donors (Lipinski definition) is 1. The summed E-state index contributed by atoms with van der Waals surface area (Å²) in [5.41, 5.74) is 2.52. The first-order valence-electron chi connectivity index (χ1n) is 11.5. The molecule has 1 amide bonds. The summed E-state index contributed by atoms with van der Waals surface area (Å²) in [6.07, 6.45) is 8.74. The molecule has 3 aliphatic carbocycles. The van der Waals surface area contributed by atoms with Crippen molar-refractivity contribution in [2.24, 2.45) is 17.8 Å². The van der Waals surface area contributed by atoms with Crippen molar-refractivity contribution in [3.8, 4) is 0 Å². The van der Waals surface area contributed by atoms with Crippen LogP contribution in [0, 0.1) is 17.8 Å². The van der Waals surface area contributed by atoms with Crippen LogP contribution < -0.4 is 5.32 Å². The van der Waals surface area contributed by atoms with Gasteiger partial charge in [-0.25, -0.2) is 0 Å². The van der Waals surface area contributed by atoms with Crippen molar-refractivity contribution in [3.05, 3.63) is 35.4 Å². The van der Waals surface area contributed by atoms with Gasteiger partial charge in [-0.15, -0.1) is 23.5 Å². The molecule has 1 heterocycles. The number of esters is 1. The van der Waals surface area contributed by atoms with Crippen LogP contribution in [0.15, 0.2) is 24.3 Å². The highest BCUT2D eigenvalue weighted by Gasteiger charge is 2.55. The van der Waals surface area contributed by atoms with Crippen LogP contribution in [0.25, 0.3) is 0 Å². The van der Waals surface area contributed by atoms with E-state index in [2.05, 4.69) is 47.0 Å². The van der Waals surface area contributed by atoms with Crippen LogP contribution in [0.5, 0.6) is 0 Å². The van der Waals surface area contributed by atoms with Crippen molar-refractivity contribution in [1.29, 1.82) is 0 Å². The molecule has 1 aliphatic heterocycles. The average molecular weight is 446 g/mol. The monoisotopic (exact) mass is 445 g/mol. The zero-order valence-corrected chi connectivity index (χ0v) is 19.1. The average Bonchev–Trinajstić information content (AvgIpc) is 3.22. The summed E-state index contributed by atoms with van der Waals surface area (Å²) in [6, 6.07) is 8.35. The Bertz CT molecular complexity index is 791. The highest BCUT2D eigenvalue weighted by Crippen LogP contribution is 2.64. The standard InChI is InChI=1S/C24H31NO3S2/c26-22(25-21-10-3-6-16-5-1-2-9-20(16)21)15-28-23(27)17-13-18-7-4-8-19(14-17)24(18)29-11-12-30-24/h1-2,5,9,17-19,21H,3-4,6-8,10-15H2,(H,25,26). The molecule has 1 spiro atoms. The van der Waals surface area contributed by atoms with E-state index in [4.69, 9.17) is 4.74 Å². The molecule has 1 N–H and O–H groups in total. The first-order valence-corrected chi connectivity index (χ1v) is 13.4. The molecule has 162 valence electrons. The van der Waals surface area contributed by atoms with Crippen LogP contribution in [0.3, 0.4) is 0 Å². The Kier molecular flexibility index (Phi) is 6.07. The molecule has 5 rings (SSSR count). The lowest BCUT2D eigenvalue weighted by Crippen LogP contribution is -2.48. The SMILES string of the molecule is O=C(COC(=O)C1CC2CCCC(C1)C21SCCS1)NC1CCCc2ccccc21. The van der Waals surface area contributed by atoms with Gasteiger partial charge in [-0.2, -0.15) is 0 Å². The third kappa shape index (κ3) is 3.90. The lowest BCUT2D eigenvalue weighted by Gasteiger charge is -2.51. The van der Waals surface area contributed by atoms with Gasteiger partial charge in [0.1, 0.15) is 0 Å². The van der Waals surface area contributed by atoms with Gasteiger partial charge in [-0.1, -0.05) is 30.7 Å². The number of carbonyl (C=O) groups excluding carboxylic acids is 2. The third-order valence-corrected chi connectivity index (χ3v) is 11.5. The predicted octanol–water partition coefficient (Wildman–Crippen LogP) is 4.73. The van der Waals surface area contributed by atoms with Gasteiger partial charge in [0.15, 0.2) is 6.61 Å². The fraction of sp³-hybridized carbons (Fsp3) is 0.667. The molecule has 4 nitrogen and oxygen atoms in total. The summed E-state index contributed by atoms with van der Waals surface area (Å²) in [6.45, 7) is -0.155. The van der Waals surface area contributed by atoms with Crippen molar-refractivity contribution >= 4 is 35.4 Å². The molecule has 2 bridgehead atoms. The van der Waals surface area contributed by atoms with Gasteiger partial charge < -0.3 is 10.1 Å². The maximum Gasteiger partial charge on any atom is 0.309 e. The van der Waals surface area contributed by atoms with Crippen LogP contribution in [-0.2, 0) is 20.7 Å². The second-order valence-corrected chi connectivity index (χ2v) is 12.2. The number of carbonyl (C=O) groups is 2. The quantitative estimate of drug-likeness (QED) is 0.679. The normalized spacial score (nSPS) is 31.7. The summed E-state index contributed by atoms with van der Waals surface area (Å²) in [5, 5.41) is 3.09. The highest BCUT2D eigenvalue weighted by molar-refractivity contribution is 8.21. The van der Waals surface area contributed by atoms with E-state index in [1.54, 1.807) is 0 Å². The molecule has 1 saturated heterocycles. The van der Waals surface area contributed by atoms with E-state index >= 15 is 0 Å². The van der Waals surface area contributed by atoms with Crippen LogP contribution in [-0.4, -0.2) is 34.1 Å². The summed E-state index contributed by atoms with van der Waals surface area (Å²) >= 11 is 4.30. The van der Waals surface area contributed by atoms with Gasteiger partial charge in [0.2, 0.25) is 0 Å². The van der Waals surface area contributed by atoms with E-state index in [9.17, 15) is 9.59 Å². The van der Waals surface area contributed by atoms with Crippen molar-refractivity contribution in [3.63, 3.8) is 0 Å². The summed E-state index contributed by atoms with van der Waals surface area (Å²) < 4.78 is 5.89. The minimum atomic E-state index is -0.181. The predicted molar refractivity (Wildman–Crippen MR) is 122 cm³/mol. The molecule has 3 unspecified atom stereocenters. The summed E-state index contributed by atoms with van der Waals surface area (Å²) in [5.74, 6) is 3.36. The molecule has 30 heavy (non-hydrogen) atoms. The molecule has 4 aliphatic rings. The Morgan fingerprint density at radius 2 is 1.77 bits per heavy atom. The van der Waals surface area contributed by atoms with Gasteiger partial charge in [0.05, 0.1) is 16.0 Å². The van der Waals surface area contributed by atoms with Gasteiger partial charge in [-0.05, 0) is 67.9 Å². The molecule has 6 heteroatoms. The topological polar surface area (TPSA) is 55.4 Å². The molecular weight excluding hydrogens is 414 g/mol. The third-order valence-electron chi connectivity index (χ3n) is 7.50. The molecule has 1 aromatic rings. The molecule has 3 fully saturated rings. The first-order chi connectivity index (χ1) is 14.7. The number of rotatable bonds is 4. The number of fused-ring (bicyclic) bond motifs is 1. The maximum absolute atomic E-state index is 12.8. The fourth-order valence-electron chi connectivity index (χ4n) is 6.20. The van der Waals surface area contributed by atoms with E-state index in [1.807, 2.05) is 6.07 Å². The number of ether oxygens (including phenoxy) is 1. The largest absolute Gasteiger partial charge is 0.455 e. The Morgan fingerprint density at radius 3 is 2.53 bits per heavy atom. The number of thioether (sulfide) groups is 2. The summed E-state index contributed by atoms with van der Waals surface area (Å²) in [7, 11) is 0. The first kappa shape index (κ1) is 20.7. The molecule has 3 atom stereocenters. The van der Waals surface area contributed by atoms with Gasteiger partial charge in [-0.3, -0.25) is 9.59 Å². The van der Waals surface area contributed by atoms with Gasteiger partial charge in [0, 0.05) is 11.5 Å². The molecule has 0 aromatic heterocycles. The Morgan fingerprint density at radius 1 is 1.03 bits per heavy atom. The molecule has 2 saturated carbocycles. The second-order valence-electron chi connectivity index (χ2n) is 9.23. The van der Waals surface area contributed by atoms with Crippen LogP contribution >= 0.6 is 23.5 Å². The van der Waals surface area contributed by atoms with E-state index in [0.717, 1.165) is 32.1 Å². The van der Waals surface area contributed by atoms with Crippen molar-refractivity contribution in [1.82, 2.24) is 5.32 Å². The minimum absolute atomic E-state index is 0.0315. The van der Waals surface area contributed by atoms with Gasteiger partial charge in [0.25, 0.3) is 5.91 Å². The lowest BCUT2D eigenvalue weighted by atomic mass is 9.67. The lowest BCUT2D eigenvalue weighted by molar-refractivity contribution is -0.155. The summed E-state index contributed by atoms with van der Waals surface area (Å²) in [4.78, 5) is 25.3. The smallest absolute Gasteiger partial charge is 0.309 e. The van der Waals surface area contributed by atoms with E-state index in [0.29, 0.717) is 15.9 Å². The minimum Gasteiger partial charge on any atom is -0.455 e. The van der Waals surface area contributed by atoms with Crippen LogP contribution in [0.4, 0.5) is 0 Å². The van der Waals surface area contributed by atoms with Gasteiger partial charge >= 0.3 is 5.97 Å². The number of amides is 1. The Balaban J connectivity index is 1.15. The zero-order valence-electron chi connectivity index (χ0n) is 17.4. The highest BCUT2D eigenvalue weighted by atomic mass is 32.2. The van der Waals surface area contributed by atoms with Crippen LogP contribution in [0.1, 0.15) is 62.1 Å². The molecule has 1 aromatic carbocycles. The Hall–Kier alpha value is -1.14. The van der Waals surface area contributed by atoms with Crippen molar-refractivity contribution in [2.75, 3.05) is 18.1 Å². The molecule has 0 radical (unpaired) electrons. The van der Waals surface area contributed by atoms with Crippen molar-refractivity contribution < 1.29 is 14.3 Å². The number of aryl methyl sites for hydroxylation is 1. The zero-order chi connectivity index (χ0) is 20.6. The van der Waals surface area contributed by atoms with Crippen LogP contribution in [0.2, 0.25) is 0 Å². The second kappa shape index (κ2) is 8.78.